The van der Waals surface area contributed by atoms with Crippen molar-refractivity contribution in [1.82, 2.24) is 15.5 Å². The van der Waals surface area contributed by atoms with Crippen molar-refractivity contribution in [3.63, 3.8) is 0 Å². The molecule has 0 aromatic heterocycles. The topological polar surface area (TPSA) is 61.4 Å². The fourth-order valence-electron chi connectivity index (χ4n) is 2.90. The van der Waals surface area contributed by atoms with Crippen molar-refractivity contribution in [2.24, 2.45) is 0 Å². The molecule has 2 atom stereocenters. The van der Waals surface area contributed by atoms with E-state index >= 15 is 0 Å². The SMILES string of the molecule is CC(NC(=O)N1CCCC1C(=O)NC1CC1)c1ccccc1. The van der Waals surface area contributed by atoms with E-state index in [1.807, 2.05) is 37.3 Å². The van der Waals surface area contributed by atoms with Gasteiger partial charge in [0.1, 0.15) is 6.04 Å². The first-order chi connectivity index (χ1) is 10.6. The third-order valence-corrected chi connectivity index (χ3v) is 4.38. The van der Waals surface area contributed by atoms with Gasteiger partial charge < -0.3 is 15.5 Å². The van der Waals surface area contributed by atoms with Gasteiger partial charge in [-0.25, -0.2) is 4.79 Å². The van der Waals surface area contributed by atoms with Gasteiger partial charge in [0.2, 0.25) is 5.91 Å². The largest absolute Gasteiger partial charge is 0.352 e. The zero-order valence-electron chi connectivity index (χ0n) is 12.9. The van der Waals surface area contributed by atoms with Gasteiger partial charge in [0, 0.05) is 12.6 Å². The van der Waals surface area contributed by atoms with E-state index < -0.39 is 0 Å². The van der Waals surface area contributed by atoms with Crippen LogP contribution >= 0.6 is 0 Å². The molecule has 22 heavy (non-hydrogen) atoms. The first-order valence-corrected chi connectivity index (χ1v) is 8.07. The van der Waals surface area contributed by atoms with Crippen LogP contribution in [0.3, 0.4) is 0 Å². The summed E-state index contributed by atoms with van der Waals surface area (Å²) in [5, 5.41) is 6.00. The molecular weight excluding hydrogens is 278 g/mol. The van der Waals surface area contributed by atoms with Gasteiger partial charge in [-0.15, -0.1) is 0 Å². The summed E-state index contributed by atoms with van der Waals surface area (Å²) >= 11 is 0. The summed E-state index contributed by atoms with van der Waals surface area (Å²) in [6, 6.07) is 9.66. The van der Waals surface area contributed by atoms with E-state index in [0.717, 1.165) is 31.2 Å². The average Bonchev–Trinajstić information content (AvgIpc) is 3.19. The van der Waals surface area contributed by atoms with Gasteiger partial charge in [0.15, 0.2) is 0 Å². The Kier molecular flexibility index (Phi) is 4.32. The van der Waals surface area contributed by atoms with Crippen LogP contribution in [0.5, 0.6) is 0 Å². The molecule has 0 radical (unpaired) electrons. The van der Waals surface area contributed by atoms with Gasteiger partial charge in [-0.05, 0) is 38.2 Å². The Morgan fingerprint density at radius 2 is 1.91 bits per heavy atom. The minimum atomic E-state index is -0.316. The van der Waals surface area contributed by atoms with Crippen LogP contribution in [0.25, 0.3) is 0 Å². The molecule has 0 spiro atoms. The van der Waals surface area contributed by atoms with Crippen molar-refractivity contribution in [2.45, 2.75) is 50.7 Å². The van der Waals surface area contributed by atoms with Crippen LogP contribution in [-0.2, 0) is 4.79 Å². The van der Waals surface area contributed by atoms with E-state index in [-0.39, 0.29) is 24.0 Å². The predicted octanol–water partition coefficient (Wildman–Crippen LogP) is 2.20. The van der Waals surface area contributed by atoms with Crippen molar-refractivity contribution < 1.29 is 9.59 Å². The molecule has 1 heterocycles. The van der Waals surface area contributed by atoms with E-state index in [1.54, 1.807) is 4.90 Å². The van der Waals surface area contributed by atoms with Crippen LogP contribution in [0.2, 0.25) is 0 Å². The van der Waals surface area contributed by atoms with Gasteiger partial charge in [-0.1, -0.05) is 30.3 Å². The van der Waals surface area contributed by atoms with E-state index in [4.69, 9.17) is 0 Å². The highest BCUT2D eigenvalue weighted by atomic mass is 16.2. The summed E-state index contributed by atoms with van der Waals surface area (Å²) in [6.07, 6.45) is 3.77. The maximum Gasteiger partial charge on any atom is 0.318 e. The molecule has 3 amide bonds. The van der Waals surface area contributed by atoms with Gasteiger partial charge in [-0.2, -0.15) is 0 Å². The second-order valence-electron chi connectivity index (χ2n) is 6.22. The lowest BCUT2D eigenvalue weighted by Crippen LogP contribution is -2.50. The molecule has 5 nitrogen and oxygen atoms in total. The van der Waals surface area contributed by atoms with Crippen molar-refractivity contribution in [3.05, 3.63) is 35.9 Å². The minimum Gasteiger partial charge on any atom is -0.352 e. The van der Waals surface area contributed by atoms with Crippen LogP contribution in [0.15, 0.2) is 30.3 Å². The zero-order chi connectivity index (χ0) is 15.5. The molecule has 1 aromatic carbocycles. The number of likely N-dealkylation sites (tertiary alicyclic amines) is 1. The highest BCUT2D eigenvalue weighted by Gasteiger charge is 2.36. The van der Waals surface area contributed by atoms with Crippen LogP contribution in [-0.4, -0.2) is 35.5 Å². The number of amides is 3. The Hall–Kier alpha value is -2.04. The van der Waals surface area contributed by atoms with Gasteiger partial charge in [-0.3, -0.25) is 4.79 Å². The molecule has 2 fully saturated rings. The second-order valence-corrected chi connectivity index (χ2v) is 6.22. The van der Waals surface area contributed by atoms with Gasteiger partial charge in [0.05, 0.1) is 6.04 Å². The van der Waals surface area contributed by atoms with Crippen molar-refractivity contribution >= 4 is 11.9 Å². The molecule has 5 heteroatoms. The number of urea groups is 1. The maximum atomic E-state index is 12.5. The fourth-order valence-corrected chi connectivity index (χ4v) is 2.90. The highest BCUT2D eigenvalue weighted by Crippen LogP contribution is 2.23. The van der Waals surface area contributed by atoms with Gasteiger partial charge >= 0.3 is 6.03 Å². The number of nitrogens with one attached hydrogen (secondary N) is 2. The first kappa shape index (κ1) is 14.9. The Morgan fingerprint density at radius 3 is 2.59 bits per heavy atom. The number of nitrogens with zero attached hydrogens (tertiary/aromatic N) is 1. The summed E-state index contributed by atoms with van der Waals surface area (Å²) in [5.41, 5.74) is 1.06. The molecule has 2 unspecified atom stereocenters. The standard InChI is InChI=1S/C17H23N3O2/c1-12(13-6-3-2-4-7-13)18-17(22)20-11-5-8-15(20)16(21)19-14-9-10-14/h2-4,6-7,12,14-15H,5,8-11H2,1H3,(H,18,22)(H,19,21). The van der Waals surface area contributed by atoms with Crippen molar-refractivity contribution in [2.75, 3.05) is 6.54 Å². The van der Waals surface area contributed by atoms with Crippen LogP contribution < -0.4 is 10.6 Å². The van der Waals surface area contributed by atoms with E-state index in [9.17, 15) is 9.59 Å². The first-order valence-electron chi connectivity index (χ1n) is 8.07. The monoisotopic (exact) mass is 301 g/mol. The Bertz CT molecular complexity index is 542. The molecule has 1 saturated heterocycles. The average molecular weight is 301 g/mol. The number of rotatable bonds is 4. The second kappa shape index (κ2) is 6.38. The number of hydrogen-bond donors (Lipinski definition) is 2. The zero-order valence-corrected chi connectivity index (χ0v) is 12.9. The van der Waals surface area contributed by atoms with Gasteiger partial charge in [0.25, 0.3) is 0 Å². The molecule has 1 saturated carbocycles. The Balaban J connectivity index is 1.59. The lowest BCUT2D eigenvalue weighted by Gasteiger charge is -2.26. The third kappa shape index (κ3) is 3.40. The molecule has 3 rings (SSSR count). The van der Waals surface area contributed by atoms with Crippen LogP contribution in [0.4, 0.5) is 4.79 Å². The van der Waals surface area contributed by atoms with E-state index in [1.165, 1.54) is 0 Å². The quantitative estimate of drug-likeness (QED) is 0.895. The van der Waals surface area contributed by atoms with E-state index in [2.05, 4.69) is 10.6 Å². The van der Waals surface area contributed by atoms with Crippen molar-refractivity contribution in [3.8, 4) is 0 Å². The summed E-state index contributed by atoms with van der Waals surface area (Å²) in [6.45, 7) is 2.61. The molecule has 1 aliphatic carbocycles. The predicted molar refractivity (Wildman–Crippen MR) is 84.3 cm³/mol. The molecule has 1 aliphatic heterocycles. The molecule has 0 bridgehead atoms. The fraction of sp³-hybridized carbons (Fsp3) is 0.529. The maximum absolute atomic E-state index is 12.5. The normalized spacial score (nSPS) is 22.2. The summed E-state index contributed by atoms with van der Waals surface area (Å²) < 4.78 is 0. The third-order valence-electron chi connectivity index (χ3n) is 4.38. The van der Waals surface area contributed by atoms with Crippen LogP contribution in [0, 0.1) is 0 Å². The molecule has 118 valence electrons. The number of benzene rings is 1. The minimum absolute atomic E-state index is 0.00233. The highest BCUT2D eigenvalue weighted by molar-refractivity contribution is 5.88. The van der Waals surface area contributed by atoms with Crippen LogP contribution in [0.1, 0.15) is 44.2 Å². The molecule has 2 N–H and O–H groups in total. The lowest BCUT2D eigenvalue weighted by atomic mass is 10.1. The summed E-state index contributed by atoms with van der Waals surface area (Å²) in [5.74, 6) is 0.00233. The number of hydrogen-bond acceptors (Lipinski definition) is 2. The lowest BCUT2D eigenvalue weighted by molar-refractivity contribution is -0.124. The summed E-state index contributed by atoms with van der Waals surface area (Å²) in [7, 11) is 0. The molecule has 2 aliphatic rings. The number of carbonyl (C=O) groups excluding carboxylic acids is 2. The van der Waals surface area contributed by atoms with E-state index in [0.29, 0.717) is 12.6 Å². The van der Waals surface area contributed by atoms with Crippen molar-refractivity contribution in [1.29, 1.82) is 0 Å². The number of carbonyl (C=O) groups is 2. The molecule has 1 aromatic rings. The summed E-state index contributed by atoms with van der Waals surface area (Å²) in [4.78, 5) is 26.4. The Morgan fingerprint density at radius 1 is 1.18 bits per heavy atom. The Labute approximate surface area is 131 Å². The smallest absolute Gasteiger partial charge is 0.318 e. The molecular formula is C17H23N3O2.